The summed E-state index contributed by atoms with van der Waals surface area (Å²) in [6.45, 7) is 7.98. The molecule has 82 valence electrons. The van der Waals surface area contributed by atoms with Crippen molar-refractivity contribution in [2.24, 2.45) is 5.92 Å². The summed E-state index contributed by atoms with van der Waals surface area (Å²) in [6.07, 6.45) is 2.62. The molecular weight excluding hydrogens is 182 g/mol. The summed E-state index contributed by atoms with van der Waals surface area (Å²) >= 11 is 0. The second-order valence-corrected chi connectivity index (χ2v) is 4.79. The lowest BCUT2D eigenvalue weighted by atomic mass is 9.85. The number of benzene rings is 1. The minimum Gasteiger partial charge on any atom is -0.384 e. The Bertz CT molecular complexity index is 343. The molecule has 0 fully saturated rings. The third-order valence-corrected chi connectivity index (χ3v) is 3.63. The molecule has 0 aromatic heterocycles. The molecule has 0 saturated carbocycles. The Morgan fingerprint density at radius 1 is 1.47 bits per heavy atom. The number of nitrogens with one attached hydrogen (secondary N) is 1. The minimum absolute atomic E-state index is 0.722. The molecule has 0 amide bonds. The third kappa shape index (κ3) is 1.88. The van der Waals surface area contributed by atoms with E-state index in [1.165, 1.54) is 29.7 Å². The summed E-state index contributed by atoms with van der Waals surface area (Å²) in [6, 6.07) is 6.67. The molecule has 1 aromatic carbocycles. The summed E-state index contributed by atoms with van der Waals surface area (Å²) in [4.78, 5) is 0. The van der Waals surface area contributed by atoms with E-state index >= 15 is 0 Å². The maximum absolute atomic E-state index is 3.56. The average Bonchev–Trinajstić information content (AvgIpc) is 2.63. The molecule has 0 aliphatic carbocycles. The van der Waals surface area contributed by atoms with Crippen LogP contribution >= 0.6 is 0 Å². The van der Waals surface area contributed by atoms with E-state index in [-0.39, 0.29) is 0 Å². The van der Waals surface area contributed by atoms with Crippen molar-refractivity contribution in [1.29, 1.82) is 0 Å². The number of rotatable bonds is 3. The molecule has 0 saturated heterocycles. The molecule has 1 heteroatoms. The Kier molecular flexibility index (Phi) is 2.99. The summed E-state index contributed by atoms with van der Waals surface area (Å²) < 4.78 is 0. The van der Waals surface area contributed by atoms with Gasteiger partial charge in [-0.15, -0.1) is 0 Å². The van der Waals surface area contributed by atoms with E-state index in [0.717, 1.165) is 18.4 Å². The predicted molar refractivity (Wildman–Crippen MR) is 66.5 cm³/mol. The second kappa shape index (κ2) is 4.26. The predicted octanol–water partition coefficient (Wildman–Crippen LogP) is 3.94. The molecule has 0 spiro atoms. The summed E-state index contributed by atoms with van der Waals surface area (Å²) in [5.41, 5.74) is 4.32. The Balaban J connectivity index is 2.25. The SMILES string of the molecule is CCCC(C)C1CNc2c(C)cccc21. The highest BCUT2D eigenvalue weighted by Gasteiger charge is 2.26. The molecule has 1 aliphatic rings. The molecule has 2 unspecified atom stereocenters. The molecule has 1 aliphatic heterocycles. The molecule has 1 nitrogen and oxygen atoms in total. The van der Waals surface area contributed by atoms with Gasteiger partial charge in [-0.1, -0.05) is 44.9 Å². The summed E-state index contributed by atoms with van der Waals surface area (Å²) in [7, 11) is 0. The van der Waals surface area contributed by atoms with Crippen molar-refractivity contribution in [3.05, 3.63) is 29.3 Å². The first-order chi connectivity index (χ1) is 7.24. The van der Waals surface area contributed by atoms with Crippen LogP contribution in [0.25, 0.3) is 0 Å². The van der Waals surface area contributed by atoms with Gasteiger partial charge in [0, 0.05) is 18.2 Å². The van der Waals surface area contributed by atoms with E-state index in [2.05, 4.69) is 44.3 Å². The monoisotopic (exact) mass is 203 g/mol. The Labute approximate surface area is 92.9 Å². The lowest BCUT2D eigenvalue weighted by Gasteiger charge is -2.18. The van der Waals surface area contributed by atoms with Crippen LogP contribution in [0.15, 0.2) is 18.2 Å². The van der Waals surface area contributed by atoms with Crippen molar-refractivity contribution in [2.75, 3.05) is 11.9 Å². The Morgan fingerprint density at radius 2 is 2.27 bits per heavy atom. The third-order valence-electron chi connectivity index (χ3n) is 3.63. The average molecular weight is 203 g/mol. The maximum atomic E-state index is 3.56. The molecule has 1 N–H and O–H groups in total. The highest BCUT2D eigenvalue weighted by molar-refractivity contribution is 5.62. The van der Waals surface area contributed by atoms with Crippen LogP contribution in [0.3, 0.4) is 0 Å². The number of hydrogen-bond acceptors (Lipinski definition) is 1. The fraction of sp³-hybridized carbons (Fsp3) is 0.571. The number of para-hydroxylation sites is 1. The normalized spacial score (nSPS) is 20.9. The van der Waals surface area contributed by atoms with Gasteiger partial charge < -0.3 is 5.32 Å². The largest absolute Gasteiger partial charge is 0.384 e. The zero-order valence-corrected chi connectivity index (χ0v) is 10.0. The van der Waals surface area contributed by atoms with E-state index < -0.39 is 0 Å². The van der Waals surface area contributed by atoms with Crippen LogP contribution in [-0.4, -0.2) is 6.54 Å². The quantitative estimate of drug-likeness (QED) is 0.784. The van der Waals surface area contributed by atoms with E-state index in [1.807, 2.05) is 0 Å². The molecule has 2 atom stereocenters. The first-order valence-electron chi connectivity index (χ1n) is 6.07. The van der Waals surface area contributed by atoms with E-state index in [0.29, 0.717) is 0 Å². The van der Waals surface area contributed by atoms with E-state index in [9.17, 15) is 0 Å². The Hall–Kier alpha value is -0.980. The van der Waals surface area contributed by atoms with Crippen LogP contribution in [0.4, 0.5) is 5.69 Å². The van der Waals surface area contributed by atoms with Crippen LogP contribution in [0, 0.1) is 12.8 Å². The van der Waals surface area contributed by atoms with Crippen molar-refractivity contribution in [1.82, 2.24) is 0 Å². The fourth-order valence-corrected chi connectivity index (χ4v) is 2.73. The smallest absolute Gasteiger partial charge is 0.0406 e. The molecule has 0 bridgehead atoms. The maximum Gasteiger partial charge on any atom is 0.0406 e. The molecular formula is C14H21N. The van der Waals surface area contributed by atoms with Crippen LogP contribution in [-0.2, 0) is 0 Å². The first-order valence-corrected chi connectivity index (χ1v) is 6.07. The zero-order chi connectivity index (χ0) is 10.8. The summed E-state index contributed by atoms with van der Waals surface area (Å²) in [5, 5.41) is 3.56. The Morgan fingerprint density at radius 3 is 3.00 bits per heavy atom. The van der Waals surface area contributed by atoms with Gasteiger partial charge in [-0.2, -0.15) is 0 Å². The standard InChI is InChI=1S/C14H21N/c1-4-6-10(2)13-9-15-14-11(3)7-5-8-12(13)14/h5,7-8,10,13,15H,4,6,9H2,1-3H3. The van der Waals surface area contributed by atoms with Gasteiger partial charge in [0.25, 0.3) is 0 Å². The van der Waals surface area contributed by atoms with Crippen molar-refractivity contribution in [2.45, 2.75) is 39.5 Å². The molecule has 1 aromatic rings. The van der Waals surface area contributed by atoms with Crippen LogP contribution in [0.5, 0.6) is 0 Å². The van der Waals surface area contributed by atoms with E-state index in [4.69, 9.17) is 0 Å². The molecule has 15 heavy (non-hydrogen) atoms. The van der Waals surface area contributed by atoms with Gasteiger partial charge in [-0.05, 0) is 24.0 Å². The topological polar surface area (TPSA) is 12.0 Å². The van der Waals surface area contributed by atoms with Crippen molar-refractivity contribution in [3.8, 4) is 0 Å². The highest BCUT2D eigenvalue weighted by atomic mass is 14.9. The number of fused-ring (bicyclic) bond motifs is 1. The van der Waals surface area contributed by atoms with Gasteiger partial charge in [-0.3, -0.25) is 0 Å². The van der Waals surface area contributed by atoms with Crippen LogP contribution in [0.2, 0.25) is 0 Å². The number of hydrogen-bond donors (Lipinski definition) is 1. The van der Waals surface area contributed by atoms with E-state index in [1.54, 1.807) is 0 Å². The van der Waals surface area contributed by atoms with Crippen molar-refractivity contribution in [3.63, 3.8) is 0 Å². The van der Waals surface area contributed by atoms with Crippen LogP contribution < -0.4 is 5.32 Å². The number of aryl methyl sites for hydroxylation is 1. The first kappa shape index (κ1) is 10.5. The molecule has 2 rings (SSSR count). The fourth-order valence-electron chi connectivity index (χ4n) is 2.73. The minimum atomic E-state index is 0.722. The zero-order valence-electron chi connectivity index (χ0n) is 10.0. The lowest BCUT2D eigenvalue weighted by Crippen LogP contribution is -2.11. The van der Waals surface area contributed by atoms with Crippen LogP contribution in [0.1, 0.15) is 43.7 Å². The summed E-state index contributed by atoms with van der Waals surface area (Å²) in [5.74, 6) is 1.52. The molecule has 1 heterocycles. The van der Waals surface area contributed by atoms with Gasteiger partial charge in [0.05, 0.1) is 0 Å². The van der Waals surface area contributed by atoms with Gasteiger partial charge in [0.1, 0.15) is 0 Å². The number of anilines is 1. The highest BCUT2D eigenvalue weighted by Crippen LogP contribution is 2.39. The molecule has 0 radical (unpaired) electrons. The van der Waals surface area contributed by atoms with Crippen molar-refractivity contribution >= 4 is 5.69 Å². The van der Waals surface area contributed by atoms with Crippen molar-refractivity contribution < 1.29 is 0 Å². The van der Waals surface area contributed by atoms with Gasteiger partial charge >= 0.3 is 0 Å². The van der Waals surface area contributed by atoms with Gasteiger partial charge in [0.2, 0.25) is 0 Å². The van der Waals surface area contributed by atoms with Gasteiger partial charge in [0.15, 0.2) is 0 Å². The lowest BCUT2D eigenvalue weighted by molar-refractivity contribution is 0.447. The second-order valence-electron chi connectivity index (χ2n) is 4.79. The van der Waals surface area contributed by atoms with Gasteiger partial charge in [-0.25, -0.2) is 0 Å².